The second-order valence-electron chi connectivity index (χ2n) is 4.45. The van der Waals surface area contributed by atoms with Crippen LogP contribution >= 0.6 is 12.2 Å². The summed E-state index contributed by atoms with van der Waals surface area (Å²) in [5.41, 5.74) is 8.11. The van der Waals surface area contributed by atoms with Crippen molar-refractivity contribution in [3.63, 3.8) is 0 Å². The zero-order chi connectivity index (χ0) is 13.5. The van der Waals surface area contributed by atoms with Crippen molar-refractivity contribution in [3.05, 3.63) is 71.8 Å². The van der Waals surface area contributed by atoms with E-state index in [1.807, 2.05) is 12.1 Å². The quantitative estimate of drug-likeness (QED) is 0.820. The highest BCUT2D eigenvalue weighted by atomic mass is 32.1. The summed E-state index contributed by atoms with van der Waals surface area (Å²) in [4.78, 5) is 0. The van der Waals surface area contributed by atoms with Gasteiger partial charge in [0.15, 0.2) is 5.11 Å². The molecule has 0 aromatic heterocycles. The number of nitrogens with one attached hydrogen (secondary N) is 1. The summed E-state index contributed by atoms with van der Waals surface area (Å²) in [6.07, 6.45) is 0.964. The van der Waals surface area contributed by atoms with E-state index < -0.39 is 0 Å². The van der Waals surface area contributed by atoms with Crippen LogP contribution in [0.15, 0.2) is 60.7 Å². The smallest absolute Gasteiger partial charge is 0.163 e. The summed E-state index contributed by atoms with van der Waals surface area (Å²) in [6, 6.07) is 21.0. The van der Waals surface area contributed by atoms with E-state index >= 15 is 0 Å². The fourth-order valence-electron chi connectivity index (χ4n) is 2.24. The van der Waals surface area contributed by atoms with Gasteiger partial charge in [-0.1, -0.05) is 60.7 Å². The minimum absolute atomic E-state index is 0.361. The molecule has 0 aliphatic carbocycles. The van der Waals surface area contributed by atoms with Crippen LogP contribution in [0.3, 0.4) is 0 Å². The monoisotopic (exact) mass is 270 g/mol. The van der Waals surface area contributed by atoms with Crippen LogP contribution in [-0.4, -0.2) is 11.7 Å². The fourth-order valence-corrected chi connectivity index (χ4v) is 2.34. The second kappa shape index (κ2) is 6.90. The van der Waals surface area contributed by atoms with Crippen LogP contribution < -0.4 is 11.1 Å². The van der Waals surface area contributed by atoms with Crippen molar-refractivity contribution in [2.45, 2.75) is 12.3 Å². The van der Waals surface area contributed by atoms with Crippen molar-refractivity contribution in [3.8, 4) is 0 Å². The lowest BCUT2D eigenvalue weighted by Gasteiger charge is -2.18. The normalized spacial score (nSPS) is 10.4. The Kier molecular flexibility index (Phi) is 4.93. The Bertz CT molecular complexity index is 471. The highest BCUT2D eigenvalue weighted by molar-refractivity contribution is 7.80. The topological polar surface area (TPSA) is 38.0 Å². The number of thiocarbonyl (C=S) groups is 1. The van der Waals surface area contributed by atoms with Crippen LogP contribution in [0.5, 0.6) is 0 Å². The Balaban J connectivity index is 2.17. The largest absolute Gasteiger partial charge is 0.376 e. The van der Waals surface area contributed by atoms with Gasteiger partial charge in [0, 0.05) is 12.5 Å². The molecule has 0 radical (unpaired) electrons. The number of rotatable bonds is 5. The molecule has 0 spiro atoms. The van der Waals surface area contributed by atoms with E-state index in [1.165, 1.54) is 11.1 Å². The maximum Gasteiger partial charge on any atom is 0.163 e. The number of hydrogen-bond acceptors (Lipinski definition) is 1. The van der Waals surface area contributed by atoms with E-state index in [2.05, 4.69) is 53.8 Å². The molecule has 19 heavy (non-hydrogen) atoms. The van der Waals surface area contributed by atoms with Crippen molar-refractivity contribution >= 4 is 17.3 Å². The molecule has 0 bridgehead atoms. The van der Waals surface area contributed by atoms with Crippen LogP contribution in [0, 0.1) is 0 Å². The van der Waals surface area contributed by atoms with Gasteiger partial charge in [0.1, 0.15) is 0 Å². The molecular weight excluding hydrogens is 252 g/mol. The first-order valence-corrected chi connectivity index (χ1v) is 6.81. The summed E-state index contributed by atoms with van der Waals surface area (Å²) < 4.78 is 0. The van der Waals surface area contributed by atoms with Crippen molar-refractivity contribution < 1.29 is 0 Å². The van der Waals surface area contributed by atoms with Gasteiger partial charge in [-0.05, 0) is 29.8 Å². The molecule has 2 rings (SSSR count). The number of hydrogen-bond donors (Lipinski definition) is 2. The van der Waals surface area contributed by atoms with Gasteiger partial charge in [0.05, 0.1) is 0 Å². The van der Waals surface area contributed by atoms with Gasteiger partial charge in [-0.25, -0.2) is 0 Å². The molecule has 0 atom stereocenters. The molecule has 98 valence electrons. The van der Waals surface area contributed by atoms with Gasteiger partial charge in [-0.15, -0.1) is 0 Å². The maximum absolute atomic E-state index is 5.48. The minimum atomic E-state index is 0.361. The lowest BCUT2D eigenvalue weighted by atomic mass is 9.88. The molecule has 2 aromatic carbocycles. The van der Waals surface area contributed by atoms with Gasteiger partial charge >= 0.3 is 0 Å². The Labute approximate surface area is 119 Å². The van der Waals surface area contributed by atoms with Crippen LogP contribution in [0.2, 0.25) is 0 Å². The third kappa shape index (κ3) is 4.07. The van der Waals surface area contributed by atoms with Gasteiger partial charge in [0.25, 0.3) is 0 Å². The summed E-state index contributed by atoms with van der Waals surface area (Å²) in [5, 5.41) is 3.39. The first-order valence-electron chi connectivity index (χ1n) is 6.40. The lowest BCUT2D eigenvalue weighted by Crippen LogP contribution is -2.30. The van der Waals surface area contributed by atoms with Crippen molar-refractivity contribution in [2.24, 2.45) is 5.73 Å². The highest BCUT2D eigenvalue weighted by Crippen LogP contribution is 2.27. The molecule has 0 unspecified atom stereocenters. The SMILES string of the molecule is NC(=S)NCCC(c1ccccc1)c1ccccc1. The lowest BCUT2D eigenvalue weighted by molar-refractivity contribution is 0.693. The third-order valence-electron chi connectivity index (χ3n) is 3.14. The molecule has 3 heteroatoms. The maximum atomic E-state index is 5.48. The average Bonchev–Trinajstić information content (AvgIpc) is 2.45. The zero-order valence-corrected chi connectivity index (χ0v) is 11.6. The summed E-state index contributed by atoms with van der Waals surface area (Å²) >= 11 is 4.85. The van der Waals surface area contributed by atoms with E-state index in [0.717, 1.165) is 13.0 Å². The van der Waals surface area contributed by atoms with E-state index in [9.17, 15) is 0 Å². The zero-order valence-electron chi connectivity index (χ0n) is 10.8. The van der Waals surface area contributed by atoms with Crippen LogP contribution in [0.1, 0.15) is 23.5 Å². The predicted molar refractivity (Wildman–Crippen MR) is 84.1 cm³/mol. The fraction of sp³-hybridized carbons (Fsp3) is 0.188. The van der Waals surface area contributed by atoms with Crippen molar-refractivity contribution in [2.75, 3.05) is 6.54 Å². The Morgan fingerprint density at radius 3 is 1.84 bits per heavy atom. The standard InChI is InChI=1S/C16H18N2S/c17-16(19)18-12-11-15(13-7-3-1-4-8-13)14-9-5-2-6-10-14/h1-10,15H,11-12H2,(H3,17,18,19). The molecule has 0 aliphatic heterocycles. The Morgan fingerprint density at radius 1 is 0.947 bits per heavy atom. The predicted octanol–water partition coefficient (Wildman–Crippen LogP) is 3.04. The van der Waals surface area contributed by atoms with Crippen LogP contribution in [0.25, 0.3) is 0 Å². The van der Waals surface area contributed by atoms with Crippen molar-refractivity contribution in [1.82, 2.24) is 5.32 Å². The van der Waals surface area contributed by atoms with E-state index in [1.54, 1.807) is 0 Å². The van der Waals surface area contributed by atoms with Gasteiger partial charge in [-0.3, -0.25) is 0 Å². The summed E-state index contributed by atoms with van der Waals surface area (Å²) in [6.45, 7) is 0.782. The molecule has 0 heterocycles. The molecule has 2 aromatic rings. The van der Waals surface area contributed by atoms with Crippen LogP contribution in [-0.2, 0) is 0 Å². The molecule has 2 nitrogen and oxygen atoms in total. The average molecular weight is 270 g/mol. The molecular formula is C16H18N2S. The van der Waals surface area contributed by atoms with Gasteiger partial charge in [-0.2, -0.15) is 0 Å². The van der Waals surface area contributed by atoms with E-state index in [0.29, 0.717) is 11.0 Å². The highest BCUT2D eigenvalue weighted by Gasteiger charge is 2.13. The van der Waals surface area contributed by atoms with Crippen LogP contribution in [0.4, 0.5) is 0 Å². The minimum Gasteiger partial charge on any atom is -0.376 e. The summed E-state index contributed by atoms with van der Waals surface area (Å²) in [5.74, 6) is 0.365. The second-order valence-corrected chi connectivity index (χ2v) is 4.89. The number of nitrogens with two attached hydrogens (primary N) is 1. The molecule has 0 amide bonds. The molecule has 0 fully saturated rings. The van der Waals surface area contributed by atoms with Gasteiger partial charge in [0.2, 0.25) is 0 Å². The molecule has 0 saturated heterocycles. The molecule has 3 N–H and O–H groups in total. The summed E-state index contributed by atoms with van der Waals surface area (Å²) in [7, 11) is 0. The van der Waals surface area contributed by atoms with E-state index in [4.69, 9.17) is 18.0 Å². The number of benzene rings is 2. The van der Waals surface area contributed by atoms with E-state index in [-0.39, 0.29) is 0 Å². The Hall–Kier alpha value is -1.87. The molecule has 0 aliphatic rings. The molecule has 0 saturated carbocycles. The van der Waals surface area contributed by atoms with Gasteiger partial charge < -0.3 is 11.1 Å². The first-order chi connectivity index (χ1) is 9.27. The van der Waals surface area contributed by atoms with Crippen molar-refractivity contribution in [1.29, 1.82) is 0 Å². The Morgan fingerprint density at radius 2 is 1.42 bits per heavy atom. The first kappa shape index (κ1) is 13.6. The third-order valence-corrected chi connectivity index (χ3v) is 3.28.